The minimum Gasteiger partial charge on any atom is -0.256 e. The third-order valence-electron chi connectivity index (χ3n) is 2.56. The van der Waals surface area contributed by atoms with Crippen molar-refractivity contribution in [2.45, 2.75) is 6.18 Å². The summed E-state index contributed by atoms with van der Waals surface area (Å²) in [6, 6.07) is 2.00. The fourth-order valence-electron chi connectivity index (χ4n) is 1.65. The van der Waals surface area contributed by atoms with Crippen LogP contribution < -0.4 is 0 Å². The molecule has 1 aromatic carbocycles. The molecule has 0 N–H and O–H groups in total. The van der Waals surface area contributed by atoms with Crippen molar-refractivity contribution in [1.82, 2.24) is 4.98 Å². The first kappa shape index (κ1) is 17.0. The Kier molecular flexibility index (Phi) is 4.86. The Morgan fingerprint density at radius 3 is 1.76 bits per heavy atom. The lowest BCUT2D eigenvalue weighted by atomic mass is 10.1. The monoisotopic (exact) mass is 393 g/mol. The van der Waals surface area contributed by atoms with E-state index in [0.717, 1.165) is 12.1 Å². The maximum atomic E-state index is 13.1. The van der Waals surface area contributed by atoms with Crippen LogP contribution in [-0.2, 0) is 6.18 Å². The Bertz CT molecular complexity index is 686. The molecule has 0 bridgehead atoms. The van der Waals surface area contributed by atoms with E-state index in [4.69, 9.17) is 58.0 Å². The Morgan fingerprint density at radius 2 is 1.29 bits per heavy atom. The second-order valence-electron chi connectivity index (χ2n) is 3.84. The molecular formula is C12H3Cl5F3N. The highest BCUT2D eigenvalue weighted by Crippen LogP contribution is 2.49. The van der Waals surface area contributed by atoms with Gasteiger partial charge in [-0.25, -0.2) is 0 Å². The van der Waals surface area contributed by atoms with Crippen molar-refractivity contribution >= 4 is 58.0 Å². The fourth-order valence-corrected chi connectivity index (χ4v) is 2.96. The number of benzene rings is 1. The van der Waals surface area contributed by atoms with Gasteiger partial charge in [0.1, 0.15) is 0 Å². The third kappa shape index (κ3) is 3.06. The zero-order valence-corrected chi connectivity index (χ0v) is 13.5. The number of rotatable bonds is 1. The maximum Gasteiger partial charge on any atom is 0.418 e. The fraction of sp³-hybridized carbons (Fsp3) is 0.0833. The van der Waals surface area contributed by atoms with Crippen molar-refractivity contribution in [2.75, 3.05) is 0 Å². The average molecular weight is 395 g/mol. The van der Waals surface area contributed by atoms with Crippen LogP contribution in [0.2, 0.25) is 25.1 Å². The summed E-state index contributed by atoms with van der Waals surface area (Å²) >= 11 is 29.5. The summed E-state index contributed by atoms with van der Waals surface area (Å²) in [6.45, 7) is 0. The second-order valence-corrected chi connectivity index (χ2v) is 5.73. The second kappa shape index (κ2) is 6.01. The number of hydrogen-bond donors (Lipinski definition) is 0. The molecule has 0 saturated carbocycles. The molecule has 21 heavy (non-hydrogen) atoms. The molecule has 0 unspecified atom stereocenters. The van der Waals surface area contributed by atoms with E-state index in [-0.39, 0.29) is 30.7 Å². The molecule has 1 nitrogen and oxygen atoms in total. The van der Waals surface area contributed by atoms with Gasteiger partial charge in [-0.2, -0.15) is 13.2 Å². The molecule has 2 aromatic rings. The van der Waals surface area contributed by atoms with E-state index >= 15 is 0 Å². The van der Waals surface area contributed by atoms with Crippen molar-refractivity contribution in [2.24, 2.45) is 0 Å². The normalized spacial score (nSPS) is 11.8. The van der Waals surface area contributed by atoms with Crippen LogP contribution in [0.15, 0.2) is 18.3 Å². The highest BCUT2D eigenvalue weighted by atomic mass is 35.5. The van der Waals surface area contributed by atoms with E-state index in [9.17, 15) is 13.2 Å². The molecule has 112 valence electrons. The number of halogens is 8. The van der Waals surface area contributed by atoms with Gasteiger partial charge in [0, 0.05) is 11.8 Å². The summed E-state index contributed by atoms with van der Waals surface area (Å²) in [5.74, 6) is 0. The zero-order chi connectivity index (χ0) is 15.9. The van der Waals surface area contributed by atoms with Gasteiger partial charge < -0.3 is 0 Å². The number of alkyl halides is 3. The first-order valence-electron chi connectivity index (χ1n) is 5.20. The van der Waals surface area contributed by atoms with Crippen molar-refractivity contribution in [3.05, 3.63) is 49.0 Å². The molecule has 0 aliphatic heterocycles. The molecule has 2 rings (SSSR count). The van der Waals surface area contributed by atoms with Gasteiger partial charge in [0.15, 0.2) is 0 Å². The van der Waals surface area contributed by atoms with E-state index in [2.05, 4.69) is 4.98 Å². The Hall–Kier alpha value is -0.390. The van der Waals surface area contributed by atoms with Gasteiger partial charge in [0.05, 0.1) is 36.4 Å². The molecule has 0 spiro atoms. The van der Waals surface area contributed by atoms with Crippen LogP contribution in [0, 0.1) is 0 Å². The number of pyridine rings is 1. The van der Waals surface area contributed by atoms with Gasteiger partial charge in [0.2, 0.25) is 0 Å². The van der Waals surface area contributed by atoms with E-state index in [1.165, 1.54) is 6.20 Å². The summed E-state index contributed by atoms with van der Waals surface area (Å²) in [5.41, 5.74) is -1.70. The van der Waals surface area contributed by atoms with Crippen LogP contribution >= 0.6 is 58.0 Å². The van der Waals surface area contributed by atoms with E-state index in [1.54, 1.807) is 0 Å². The molecule has 0 atom stereocenters. The third-order valence-corrected chi connectivity index (χ3v) is 4.84. The predicted octanol–water partition coefficient (Wildman–Crippen LogP) is 7.03. The van der Waals surface area contributed by atoms with Crippen LogP contribution in [-0.4, -0.2) is 4.98 Å². The first-order chi connectivity index (χ1) is 9.66. The summed E-state index contributed by atoms with van der Waals surface area (Å²) in [4.78, 5) is 3.70. The topological polar surface area (TPSA) is 12.9 Å². The van der Waals surface area contributed by atoms with Crippen molar-refractivity contribution in [1.29, 1.82) is 0 Å². The predicted molar refractivity (Wildman–Crippen MR) is 79.7 cm³/mol. The van der Waals surface area contributed by atoms with Crippen molar-refractivity contribution in [3.8, 4) is 11.3 Å². The number of aromatic nitrogens is 1. The number of hydrogen-bond acceptors (Lipinski definition) is 1. The van der Waals surface area contributed by atoms with Gasteiger partial charge in [-0.05, 0) is 12.1 Å². The standard InChI is InChI=1S/C12H3Cl5F3N/c13-6-5(7(14)9(16)10(17)8(6)15)11-4(12(18,19)20)2-1-3-21-11/h1-3H. The van der Waals surface area contributed by atoms with Crippen LogP contribution in [0.3, 0.4) is 0 Å². The molecule has 1 aromatic heterocycles. The SMILES string of the molecule is FC(F)(F)c1cccnc1-c1c(Cl)c(Cl)c(Cl)c(Cl)c1Cl. The smallest absolute Gasteiger partial charge is 0.256 e. The quantitative estimate of drug-likeness (QED) is 0.373. The van der Waals surface area contributed by atoms with Crippen LogP contribution in [0.4, 0.5) is 13.2 Å². The van der Waals surface area contributed by atoms with Crippen LogP contribution in [0.25, 0.3) is 11.3 Å². The molecule has 0 radical (unpaired) electrons. The lowest BCUT2D eigenvalue weighted by molar-refractivity contribution is -0.137. The Morgan fingerprint density at radius 1 is 0.810 bits per heavy atom. The largest absolute Gasteiger partial charge is 0.418 e. The highest BCUT2D eigenvalue weighted by molar-refractivity contribution is 6.56. The summed E-state index contributed by atoms with van der Waals surface area (Å²) in [5, 5.41) is -1.02. The van der Waals surface area contributed by atoms with Gasteiger partial charge in [-0.15, -0.1) is 0 Å². The molecule has 9 heteroatoms. The van der Waals surface area contributed by atoms with Gasteiger partial charge >= 0.3 is 6.18 Å². The molecule has 0 aliphatic carbocycles. The van der Waals surface area contributed by atoms with Crippen molar-refractivity contribution in [3.63, 3.8) is 0 Å². The molecular weight excluding hydrogens is 392 g/mol. The first-order valence-corrected chi connectivity index (χ1v) is 7.09. The average Bonchev–Trinajstić information content (AvgIpc) is 2.43. The van der Waals surface area contributed by atoms with Gasteiger partial charge in [-0.3, -0.25) is 4.98 Å². The molecule has 0 saturated heterocycles. The Labute approximate surface area is 142 Å². The summed E-state index contributed by atoms with van der Waals surface area (Å²) in [7, 11) is 0. The molecule has 0 fully saturated rings. The maximum absolute atomic E-state index is 13.1. The molecule has 0 amide bonds. The van der Waals surface area contributed by atoms with E-state index in [0.29, 0.717) is 0 Å². The van der Waals surface area contributed by atoms with Crippen LogP contribution in [0.5, 0.6) is 0 Å². The zero-order valence-electron chi connectivity index (χ0n) is 9.70. The van der Waals surface area contributed by atoms with E-state index < -0.39 is 17.4 Å². The van der Waals surface area contributed by atoms with Crippen molar-refractivity contribution < 1.29 is 13.2 Å². The summed E-state index contributed by atoms with van der Waals surface area (Å²) in [6.07, 6.45) is -3.47. The highest BCUT2D eigenvalue weighted by Gasteiger charge is 2.36. The molecule has 1 heterocycles. The van der Waals surface area contributed by atoms with Gasteiger partial charge in [0.25, 0.3) is 0 Å². The minimum atomic E-state index is -4.64. The summed E-state index contributed by atoms with van der Waals surface area (Å²) < 4.78 is 39.2. The van der Waals surface area contributed by atoms with Crippen LogP contribution in [0.1, 0.15) is 5.56 Å². The molecule has 0 aliphatic rings. The number of nitrogens with zero attached hydrogens (tertiary/aromatic N) is 1. The van der Waals surface area contributed by atoms with E-state index in [1.807, 2.05) is 0 Å². The lowest BCUT2D eigenvalue weighted by Gasteiger charge is -2.16. The Balaban J connectivity index is 2.87. The lowest BCUT2D eigenvalue weighted by Crippen LogP contribution is -2.08. The van der Waals surface area contributed by atoms with Gasteiger partial charge in [-0.1, -0.05) is 58.0 Å². The minimum absolute atomic E-state index is 0.137.